The highest BCUT2D eigenvalue weighted by Gasteiger charge is 2.08. The third-order valence-corrected chi connectivity index (χ3v) is 4.72. The van der Waals surface area contributed by atoms with Crippen molar-refractivity contribution in [3.8, 4) is 11.5 Å². The van der Waals surface area contributed by atoms with Crippen LogP contribution in [0.15, 0.2) is 54.9 Å². The number of aryl methyl sites for hydroxylation is 2. The zero-order chi connectivity index (χ0) is 22.1. The Kier molecular flexibility index (Phi) is 7.81. The molecule has 7 heteroatoms. The third kappa shape index (κ3) is 6.70. The van der Waals surface area contributed by atoms with E-state index in [2.05, 4.69) is 27.5 Å². The quantitative estimate of drug-likeness (QED) is 0.454. The predicted octanol–water partition coefficient (Wildman–Crippen LogP) is 4.90. The molecule has 7 nitrogen and oxygen atoms in total. The molecule has 2 aromatic carbocycles. The molecule has 1 amide bonds. The topological polar surface area (TPSA) is 85.4 Å². The summed E-state index contributed by atoms with van der Waals surface area (Å²) >= 11 is 0. The fourth-order valence-corrected chi connectivity index (χ4v) is 3.06. The zero-order valence-electron chi connectivity index (χ0n) is 18.1. The van der Waals surface area contributed by atoms with E-state index >= 15 is 0 Å². The first-order chi connectivity index (χ1) is 15.1. The Balaban J connectivity index is 1.53. The van der Waals surface area contributed by atoms with Crippen LogP contribution in [-0.2, 0) is 11.2 Å². The number of anilines is 3. The van der Waals surface area contributed by atoms with E-state index in [4.69, 9.17) is 9.47 Å². The lowest BCUT2D eigenvalue weighted by Crippen LogP contribution is -2.14. The fourth-order valence-electron chi connectivity index (χ4n) is 3.06. The maximum Gasteiger partial charge on any atom is 0.224 e. The molecular weight excluding hydrogens is 392 g/mol. The van der Waals surface area contributed by atoms with Crippen molar-refractivity contribution < 1.29 is 14.3 Å². The van der Waals surface area contributed by atoms with E-state index in [9.17, 15) is 4.79 Å². The number of aromatic nitrogens is 2. The van der Waals surface area contributed by atoms with Crippen LogP contribution in [-0.4, -0.2) is 29.6 Å². The highest BCUT2D eigenvalue weighted by atomic mass is 16.5. The minimum atomic E-state index is -0.0388. The Morgan fingerprint density at radius 3 is 2.52 bits per heavy atom. The highest BCUT2D eigenvalue weighted by molar-refractivity contribution is 5.92. The van der Waals surface area contributed by atoms with Crippen molar-refractivity contribution in [1.29, 1.82) is 0 Å². The smallest absolute Gasteiger partial charge is 0.224 e. The molecule has 1 aromatic heterocycles. The first-order valence-corrected chi connectivity index (χ1v) is 10.3. The van der Waals surface area contributed by atoms with Crippen molar-refractivity contribution in [1.82, 2.24) is 9.97 Å². The molecule has 0 aliphatic carbocycles. The highest BCUT2D eigenvalue weighted by Crippen LogP contribution is 2.24. The minimum Gasteiger partial charge on any atom is -0.497 e. The van der Waals surface area contributed by atoms with E-state index in [0.717, 1.165) is 40.6 Å². The van der Waals surface area contributed by atoms with Crippen LogP contribution in [0.25, 0.3) is 0 Å². The lowest BCUT2D eigenvalue weighted by Gasteiger charge is -2.13. The fraction of sp³-hybridized carbons (Fsp3) is 0.292. The van der Waals surface area contributed by atoms with Crippen LogP contribution in [0.5, 0.6) is 11.5 Å². The molecule has 0 unspecified atom stereocenters. The van der Waals surface area contributed by atoms with Gasteiger partial charge in [-0.05, 0) is 61.7 Å². The summed E-state index contributed by atoms with van der Waals surface area (Å²) in [5, 5.41) is 6.29. The second kappa shape index (κ2) is 11.0. The molecule has 0 saturated carbocycles. The van der Waals surface area contributed by atoms with E-state index in [1.165, 1.54) is 6.33 Å². The van der Waals surface area contributed by atoms with Crippen LogP contribution in [0.3, 0.4) is 0 Å². The number of methoxy groups -OCH3 is 1. The molecule has 0 bridgehead atoms. The van der Waals surface area contributed by atoms with Crippen molar-refractivity contribution in [2.45, 2.75) is 33.1 Å². The van der Waals surface area contributed by atoms with Gasteiger partial charge in [-0.25, -0.2) is 9.97 Å². The second-order valence-electron chi connectivity index (χ2n) is 7.07. The van der Waals surface area contributed by atoms with Crippen LogP contribution in [0.4, 0.5) is 17.2 Å². The zero-order valence-corrected chi connectivity index (χ0v) is 18.1. The van der Waals surface area contributed by atoms with Crippen LogP contribution < -0.4 is 20.1 Å². The molecule has 31 heavy (non-hydrogen) atoms. The average Bonchev–Trinajstić information content (AvgIpc) is 2.77. The Hall–Kier alpha value is -3.61. The molecule has 0 radical (unpaired) electrons. The number of rotatable bonds is 10. The Morgan fingerprint density at radius 1 is 1.03 bits per heavy atom. The number of hydrogen-bond acceptors (Lipinski definition) is 6. The van der Waals surface area contributed by atoms with E-state index in [1.54, 1.807) is 7.11 Å². The molecule has 3 aromatic rings. The molecule has 2 N–H and O–H groups in total. The molecule has 0 aliphatic rings. The molecule has 3 rings (SSSR count). The summed E-state index contributed by atoms with van der Waals surface area (Å²) in [4.78, 5) is 20.8. The summed E-state index contributed by atoms with van der Waals surface area (Å²) < 4.78 is 10.8. The average molecular weight is 421 g/mol. The van der Waals surface area contributed by atoms with E-state index in [0.29, 0.717) is 25.3 Å². The van der Waals surface area contributed by atoms with Gasteiger partial charge in [-0.2, -0.15) is 0 Å². The molecular formula is C24H28N4O3. The summed E-state index contributed by atoms with van der Waals surface area (Å²) in [6.45, 7) is 4.45. The van der Waals surface area contributed by atoms with Crippen LogP contribution in [0, 0.1) is 6.92 Å². The van der Waals surface area contributed by atoms with Gasteiger partial charge in [0.05, 0.1) is 13.7 Å². The summed E-state index contributed by atoms with van der Waals surface area (Å²) in [6, 6.07) is 15.2. The Labute approximate surface area is 182 Å². The molecule has 0 saturated heterocycles. The minimum absolute atomic E-state index is 0.0388. The third-order valence-electron chi connectivity index (χ3n) is 4.72. The molecule has 0 aliphatic heterocycles. The number of benzene rings is 2. The lowest BCUT2D eigenvalue weighted by atomic mass is 10.1. The molecule has 0 atom stereocenters. The number of carbonyl (C=O) groups is 1. The Morgan fingerprint density at radius 2 is 1.81 bits per heavy atom. The van der Waals surface area contributed by atoms with Gasteiger partial charge in [-0.15, -0.1) is 0 Å². The summed E-state index contributed by atoms with van der Waals surface area (Å²) in [5.74, 6) is 2.21. The number of nitrogens with one attached hydrogen (secondary N) is 2. The van der Waals surface area contributed by atoms with Crippen LogP contribution in [0.1, 0.15) is 31.0 Å². The Bertz CT molecular complexity index is 1010. The van der Waals surface area contributed by atoms with Gasteiger partial charge >= 0.3 is 0 Å². The van der Waals surface area contributed by atoms with Crippen molar-refractivity contribution in [3.05, 3.63) is 66.1 Å². The van der Waals surface area contributed by atoms with Gasteiger partial charge in [0.25, 0.3) is 0 Å². The molecule has 0 spiro atoms. The maximum absolute atomic E-state index is 12.5. The van der Waals surface area contributed by atoms with Gasteiger partial charge in [0.15, 0.2) is 0 Å². The van der Waals surface area contributed by atoms with Crippen molar-refractivity contribution in [2.75, 3.05) is 24.4 Å². The first-order valence-electron chi connectivity index (χ1n) is 10.3. The number of amides is 1. The van der Waals surface area contributed by atoms with Gasteiger partial charge in [0.1, 0.15) is 23.6 Å². The maximum atomic E-state index is 12.5. The van der Waals surface area contributed by atoms with Gasteiger partial charge < -0.3 is 20.1 Å². The largest absolute Gasteiger partial charge is 0.497 e. The van der Waals surface area contributed by atoms with Crippen molar-refractivity contribution >= 4 is 23.1 Å². The van der Waals surface area contributed by atoms with Gasteiger partial charge in [0, 0.05) is 29.6 Å². The molecule has 162 valence electrons. The van der Waals surface area contributed by atoms with E-state index < -0.39 is 0 Å². The number of nitrogens with zero attached hydrogens (tertiary/aromatic N) is 2. The normalized spacial score (nSPS) is 10.4. The second-order valence-corrected chi connectivity index (χ2v) is 7.07. The van der Waals surface area contributed by atoms with Crippen molar-refractivity contribution in [3.63, 3.8) is 0 Å². The van der Waals surface area contributed by atoms with E-state index in [1.807, 2.05) is 55.5 Å². The van der Waals surface area contributed by atoms with Gasteiger partial charge in [-0.1, -0.05) is 13.0 Å². The SMILES string of the molecule is CCc1ccc(Nc2cc(C)ncn2)cc1NC(=O)CCCOc1ccc(OC)cc1. The molecule has 1 heterocycles. The van der Waals surface area contributed by atoms with Crippen molar-refractivity contribution in [2.24, 2.45) is 0 Å². The van der Waals surface area contributed by atoms with Gasteiger partial charge in [-0.3, -0.25) is 4.79 Å². The first kappa shape index (κ1) is 22.1. The standard InChI is InChI=1S/C24H28N4O3/c1-4-18-7-8-19(27-23-14-17(2)25-16-26-23)15-22(18)28-24(29)6-5-13-31-21-11-9-20(30-3)10-12-21/h7-12,14-16H,4-6,13H2,1-3H3,(H,28,29)(H,25,26,27). The number of hydrogen-bond donors (Lipinski definition) is 2. The summed E-state index contributed by atoms with van der Waals surface area (Å²) in [6.07, 6.45) is 3.34. The molecule has 0 fully saturated rings. The summed E-state index contributed by atoms with van der Waals surface area (Å²) in [7, 11) is 1.63. The lowest BCUT2D eigenvalue weighted by molar-refractivity contribution is -0.116. The summed E-state index contributed by atoms with van der Waals surface area (Å²) in [5.41, 5.74) is 3.62. The number of ether oxygens (including phenoxy) is 2. The monoisotopic (exact) mass is 420 g/mol. The number of carbonyl (C=O) groups excluding carboxylic acids is 1. The van der Waals surface area contributed by atoms with E-state index in [-0.39, 0.29) is 5.91 Å². The van der Waals surface area contributed by atoms with Crippen LogP contribution in [0.2, 0.25) is 0 Å². The predicted molar refractivity (Wildman–Crippen MR) is 122 cm³/mol. The van der Waals surface area contributed by atoms with Crippen LogP contribution >= 0.6 is 0 Å². The van der Waals surface area contributed by atoms with Gasteiger partial charge in [0.2, 0.25) is 5.91 Å².